The van der Waals surface area contributed by atoms with E-state index < -0.39 is 63.5 Å². The number of carbonyl (C=O) groups is 3. The average molecular weight is 464 g/mol. The molecule has 0 saturated carbocycles. The van der Waals surface area contributed by atoms with Crippen molar-refractivity contribution in [2.45, 2.75) is 13.3 Å². The molecule has 0 unspecified atom stereocenters. The first-order valence-corrected chi connectivity index (χ1v) is 9.76. The summed E-state index contributed by atoms with van der Waals surface area (Å²) in [7, 11) is 0. The Morgan fingerprint density at radius 3 is 2.21 bits per heavy atom. The number of aliphatic hydroxyl groups excluding tert-OH is 1. The van der Waals surface area contributed by atoms with Crippen molar-refractivity contribution >= 4 is 23.1 Å². The van der Waals surface area contributed by atoms with Gasteiger partial charge in [0.05, 0.1) is 22.8 Å². The molecule has 0 fully saturated rings. The molecule has 172 valence electrons. The number of Topliss-reactive ketones (excluding diaryl/α,β-unsaturated/α-hetero) is 1. The van der Waals surface area contributed by atoms with E-state index in [2.05, 4.69) is 0 Å². The summed E-state index contributed by atoms with van der Waals surface area (Å²) in [6.07, 6.45) is 0.214. The molecule has 0 bridgehead atoms. The summed E-state index contributed by atoms with van der Waals surface area (Å²) in [5, 5.41) is 50.9. The van der Waals surface area contributed by atoms with Gasteiger partial charge in [-0.1, -0.05) is 0 Å². The Balaban J connectivity index is 2.02. The Hall–Kier alpha value is -4.86. The Labute approximate surface area is 190 Å². The largest absolute Gasteiger partial charge is 0.508 e. The van der Waals surface area contributed by atoms with Crippen LogP contribution in [0.15, 0.2) is 45.6 Å². The second-order valence-corrected chi connectivity index (χ2v) is 7.67. The van der Waals surface area contributed by atoms with Gasteiger partial charge < -0.3 is 29.9 Å². The molecule has 0 spiro atoms. The SMILES string of the molecule is Cc1cc(O)cc(O)c1C(=O)c1c(Cc2cc(O)cc(=O)o2)cc2c(c1O)C(O)=CC(=O)C2=O. The third-order valence-electron chi connectivity index (χ3n) is 5.30. The summed E-state index contributed by atoms with van der Waals surface area (Å²) in [6, 6.07) is 5.10. The monoisotopic (exact) mass is 464 g/mol. The van der Waals surface area contributed by atoms with E-state index in [-0.39, 0.29) is 33.8 Å². The highest BCUT2D eigenvalue weighted by Gasteiger charge is 2.34. The lowest BCUT2D eigenvalue weighted by molar-refractivity contribution is -0.111. The van der Waals surface area contributed by atoms with Gasteiger partial charge >= 0.3 is 5.63 Å². The molecule has 1 aliphatic carbocycles. The van der Waals surface area contributed by atoms with E-state index >= 15 is 0 Å². The van der Waals surface area contributed by atoms with E-state index in [1.165, 1.54) is 13.0 Å². The summed E-state index contributed by atoms with van der Waals surface area (Å²) >= 11 is 0. The Kier molecular flexibility index (Phi) is 5.21. The number of ketones is 3. The molecule has 2 aromatic carbocycles. The van der Waals surface area contributed by atoms with Crippen molar-refractivity contribution in [2.24, 2.45) is 0 Å². The van der Waals surface area contributed by atoms with Gasteiger partial charge in [-0.15, -0.1) is 0 Å². The number of aliphatic hydroxyl groups is 1. The molecular weight excluding hydrogens is 448 g/mol. The number of phenolic OH excluding ortho intramolecular Hbond substituents is 3. The molecule has 10 nitrogen and oxygen atoms in total. The molecular formula is C24H16O10. The zero-order chi connectivity index (χ0) is 24.9. The number of aryl methyl sites for hydroxylation is 1. The van der Waals surface area contributed by atoms with Crippen molar-refractivity contribution in [3.8, 4) is 23.0 Å². The van der Waals surface area contributed by atoms with Gasteiger partial charge in [0.1, 0.15) is 34.5 Å². The molecule has 0 aliphatic heterocycles. The molecule has 0 amide bonds. The zero-order valence-electron chi connectivity index (χ0n) is 17.4. The molecule has 4 rings (SSSR count). The van der Waals surface area contributed by atoms with E-state index in [9.17, 15) is 44.7 Å². The maximum Gasteiger partial charge on any atom is 0.339 e. The van der Waals surface area contributed by atoms with Crippen LogP contribution in [-0.4, -0.2) is 42.9 Å². The predicted octanol–water partition coefficient (Wildman–Crippen LogP) is 2.26. The molecule has 10 heteroatoms. The van der Waals surface area contributed by atoms with Crippen LogP contribution in [0.2, 0.25) is 0 Å². The van der Waals surface area contributed by atoms with Crippen LogP contribution in [-0.2, 0) is 11.2 Å². The molecule has 0 atom stereocenters. The van der Waals surface area contributed by atoms with Gasteiger partial charge in [-0.2, -0.15) is 0 Å². The fourth-order valence-corrected chi connectivity index (χ4v) is 3.91. The Morgan fingerprint density at radius 1 is 0.882 bits per heavy atom. The highest BCUT2D eigenvalue weighted by atomic mass is 16.4. The van der Waals surface area contributed by atoms with Gasteiger partial charge in [-0.25, -0.2) is 4.79 Å². The number of carbonyl (C=O) groups excluding carboxylic acids is 3. The molecule has 5 N–H and O–H groups in total. The van der Waals surface area contributed by atoms with Crippen LogP contribution in [0.25, 0.3) is 5.76 Å². The van der Waals surface area contributed by atoms with E-state index in [4.69, 9.17) is 4.42 Å². The fourth-order valence-electron chi connectivity index (χ4n) is 3.91. The highest BCUT2D eigenvalue weighted by Crippen LogP contribution is 2.40. The van der Waals surface area contributed by atoms with Gasteiger partial charge in [0.2, 0.25) is 17.3 Å². The van der Waals surface area contributed by atoms with E-state index in [0.717, 1.165) is 24.3 Å². The molecule has 34 heavy (non-hydrogen) atoms. The second-order valence-electron chi connectivity index (χ2n) is 7.67. The zero-order valence-corrected chi connectivity index (χ0v) is 17.4. The van der Waals surface area contributed by atoms with Crippen molar-refractivity contribution in [1.29, 1.82) is 0 Å². The number of fused-ring (bicyclic) bond motifs is 1. The van der Waals surface area contributed by atoms with Crippen molar-refractivity contribution in [1.82, 2.24) is 0 Å². The molecule has 1 heterocycles. The topological polar surface area (TPSA) is 183 Å². The normalized spacial score (nSPS) is 12.9. The van der Waals surface area contributed by atoms with Crippen LogP contribution in [0, 0.1) is 6.92 Å². The highest BCUT2D eigenvalue weighted by molar-refractivity contribution is 6.50. The van der Waals surface area contributed by atoms with Crippen LogP contribution in [0.1, 0.15) is 48.7 Å². The molecule has 3 aromatic rings. The fraction of sp³-hybridized carbons (Fsp3) is 0.0833. The average Bonchev–Trinajstić information content (AvgIpc) is 2.70. The van der Waals surface area contributed by atoms with Crippen LogP contribution >= 0.6 is 0 Å². The second kappa shape index (κ2) is 7.93. The maximum atomic E-state index is 13.5. The van der Waals surface area contributed by atoms with Gasteiger partial charge in [0.25, 0.3) is 0 Å². The number of aromatic hydroxyl groups is 4. The molecule has 1 aliphatic rings. The quantitative estimate of drug-likeness (QED) is 0.283. The van der Waals surface area contributed by atoms with Gasteiger partial charge in [-0.3, -0.25) is 14.4 Å². The van der Waals surface area contributed by atoms with Crippen molar-refractivity contribution in [3.63, 3.8) is 0 Å². The van der Waals surface area contributed by atoms with Gasteiger partial charge in [0.15, 0.2) is 0 Å². The summed E-state index contributed by atoms with van der Waals surface area (Å²) in [5.41, 5.74) is -2.43. The number of allylic oxidation sites excluding steroid dienone is 1. The van der Waals surface area contributed by atoms with Crippen molar-refractivity contribution in [3.05, 3.63) is 86.0 Å². The van der Waals surface area contributed by atoms with Crippen LogP contribution < -0.4 is 5.63 Å². The minimum absolute atomic E-state index is 0.0993. The standard InChI is InChI=1S/C24H16O10/c1-9-2-11(25)6-15(27)19(9)23(32)20-10(3-13-5-12(26)7-18(30)34-13)4-14-21(24(20)33)16(28)8-17(29)22(14)31/h2,4-8,25-28,33H,3H2,1H3. The first-order valence-electron chi connectivity index (χ1n) is 9.76. The first kappa shape index (κ1) is 22.3. The van der Waals surface area contributed by atoms with E-state index in [1.807, 2.05) is 0 Å². The first-order chi connectivity index (χ1) is 16.0. The number of benzene rings is 2. The summed E-state index contributed by atoms with van der Waals surface area (Å²) in [5.74, 6) is -6.11. The molecule has 1 aromatic heterocycles. The lowest BCUT2D eigenvalue weighted by atomic mass is 9.84. The number of hydrogen-bond donors (Lipinski definition) is 5. The summed E-state index contributed by atoms with van der Waals surface area (Å²) in [4.78, 5) is 49.5. The van der Waals surface area contributed by atoms with Crippen LogP contribution in [0.5, 0.6) is 23.0 Å². The number of hydrogen-bond acceptors (Lipinski definition) is 10. The number of rotatable bonds is 4. The Morgan fingerprint density at radius 2 is 1.56 bits per heavy atom. The minimum atomic E-state index is -1.05. The van der Waals surface area contributed by atoms with Gasteiger partial charge in [0, 0.05) is 30.2 Å². The third kappa shape index (κ3) is 3.66. The van der Waals surface area contributed by atoms with E-state index in [1.54, 1.807) is 0 Å². The predicted molar refractivity (Wildman–Crippen MR) is 115 cm³/mol. The van der Waals surface area contributed by atoms with Crippen molar-refractivity contribution in [2.75, 3.05) is 0 Å². The lowest BCUT2D eigenvalue weighted by Crippen LogP contribution is -2.21. The lowest BCUT2D eigenvalue weighted by Gasteiger charge is -2.20. The minimum Gasteiger partial charge on any atom is -0.508 e. The smallest absolute Gasteiger partial charge is 0.339 e. The summed E-state index contributed by atoms with van der Waals surface area (Å²) < 4.78 is 5.02. The molecule has 0 saturated heterocycles. The van der Waals surface area contributed by atoms with Crippen LogP contribution in [0.4, 0.5) is 0 Å². The van der Waals surface area contributed by atoms with Gasteiger partial charge in [-0.05, 0) is 30.2 Å². The maximum absolute atomic E-state index is 13.5. The summed E-state index contributed by atoms with van der Waals surface area (Å²) in [6.45, 7) is 1.43. The van der Waals surface area contributed by atoms with Crippen molar-refractivity contribution < 1.29 is 44.3 Å². The van der Waals surface area contributed by atoms with E-state index in [0.29, 0.717) is 6.08 Å². The number of phenols is 3. The van der Waals surface area contributed by atoms with Crippen LogP contribution in [0.3, 0.4) is 0 Å². The third-order valence-corrected chi connectivity index (χ3v) is 5.30. The Bertz CT molecular complexity index is 1480. The molecule has 0 radical (unpaired) electrons.